The SMILES string of the molecule is O=c1cccc(-c2cc3cc(-c4ccc5ncccc5c4)c(-c4ccccc4)nc3[nH]c2=O)[nH]1. The molecule has 0 atom stereocenters. The van der Waals surface area contributed by atoms with E-state index >= 15 is 0 Å². The van der Waals surface area contributed by atoms with E-state index < -0.39 is 0 Å². The molecule has 6 rings (SSSR count). The lowest BCUT2D eigenvalue weighted by Crippen LogP contribution is -2.13. The average molecular weight is 442 g/mol. The van der Waals surface area contributed by atoms with E-state index in [9.17, 15) is 9.59 Å². The summed E-state index contributed by atoms with van der Waals surface area (Å²) in [7, 11) is 0. The molecular formula is C28H18N4O2. The Balaban J connectivity index is 1.64. The summed E-state index contributed by atoms with van der Waals surface area (Å²) in [6.07, 6.45) is 1.78. The molecular weight excluding hydrogens is 424 g/mol. The van der Waals surface area contributed by atoms with Gasteiger partial charge in [-0.05, 0) is 42.0 Å². The number of H-pyrrole nitrogens is 2. The van der Waals surface area contributed by atoms with Gasteiger partial charge in [0.05, 0.1) is 22.5 Å². The monoisotopic (exact) mass is 442 g/mol. The Morgan fingerprint density at radius 2 is 1.50 bits per heavy atom. The van der Waals surface area contributed by atoms with E-state index in [1.165, 1.54) is 6.07 Å². The van der Waals surface area contributed by atoms with Crippen LogP contribution in [0.15, 0.2) is 107 Å². The third-order valence-electron chi connectivity index (χ3n) is 5.85. The molecule has 0 bridgehead atoms. The third-order valence-corrected chi connectivity index (χ3v) is 5.85. The lowest BCUT2D eigenvalue weighted by molar-refractivity contribution is 1.19. The van der Waals surface area contributed by atoms with Crippen LogP contribution in [0.1, 0.15) is 0 Å². The Hall–Kier alpha value is -4.84. The van der Waals surface area contributed by atoms with Crippen LogP contribution >= 0.6 is 0 Å². The largest absolute Gasteiger partial charge is 0.322 e. The summed E-state index contributed by atoms with van der Waals surface area (Å²) in [5.41, 5.74) is 5.31. The number of pyridine rings is 4. The first-order valence-corrected chi connectivity index (χ1v) is 10.8. The van der Waals surface area contributed by atoms with Crippen molar-refractivity contribution in [3.8, 4) is 33.6 Å². The van der Waals surface area contributed by atoms with Gasteiger partial charge in [-0.15, -0.1) is 0 Å². The molecule has 6 aromatic rings. The average Bonchev–Trinajstić information content (AvgIpc) is 2.88. The predicted octanol–water partition coefficient (Wildman–Crippen LogP) is 5.16. The molecule has 0 aliphatic carbocycles. The molecule has 0 aliphatic heterocycles. The summed E-state index contributed by atoms with van der Waals surface area (Å²) >= 11 is 0. The number of rotatable bonds is 3. The molecule has 34 heavy (non-hydrogen) atoms. The molecule has 162 valence electrons. The van der Waals surface area contributed by atoms with Crippen LogP contribution in [0, 0.1) is 0 Å². The van der Waals surface area contributed by atoms with Gasteiger partial charge in [0.25, 0.3) is 5.56 Å². The van der Waals surface area contributed by atoms with Gasteiger partial charge in [-0.1, -0.05) is 48.5 Å². The molecule has 0 aliphatic rings. The van der Waals surface area contributed by atoms with Crippen molar-refractivity contribution < 1.29 is 0 Å². The highest BCUT2D eigenvalue weighted by Crippen LogP contribution is 2.34. The van der Waals surface area contributed by atoms with Crippen LogP contribution in [0.2, 0.25) is 0 Å². The molecule has 0 spiro atoms. The normalized spacial score (nSPS) is 11.2. The molecule has 2 N–H and O–H groups in total. The molecule has 4 heterocycles. The van der Waals surface area contributed by atoms with Gasteiger partial charge in [0.15, 0.2) is 0 Å². The third kappa shape index (κ3) is 3.47. The first-order valence-electron chi connectivity index (χ1n) is 10.8. The summed E-state index contributed by atoms with van der Waals surface area (Å²) in [6.45, 7) is 0. The number of aromatic nitrogens is 4. The zero-order valence-electron chi connectivity index (χ0n) is 17.9. The zero-order chi connectivity index (χ0) is 23.1. The van der Waals surface area contributed by atoms with Crippen LogP contribution in [0.5, 0.6) is 0 Å². The highest BCUT2D eigenvalue weighted by atomic mass is 16.1. The second-order valence-corrected chi connectivity index (χ2v) is 8.04. The molecule has 0 fully saturated rings. The van der Waals surface area contributed by atoms with Gasteiger partial charge in [0.1, 0.15) is 5.65 Å². The van der Waals surface area contributed by atoms with E-state index in [0.717, 1.165) is 38.7 Å². The second-order valence-electron chi connectivity index (χ2n) is 8.04. The lowest BCUT2D eigenvalue weighted by Gasteiger charge is -2.13. The zero-order valence-corrected chi connectivity index (χ0v) is 17.9. The van der Waals surface area contributed by atoms with Gasteiger partial charge in [-0.2, -0.15) is 0 Å². The molecule has 0 saturated heterocycles. The van der Waals surface area contributed by atoms with Crippen LogP contribution in [-0.4, -0.2) is 19.9 Å². The fourth-order valence-corrected chi connectivity index (χ4v) is 4.22. The van der Waals surface area contributed by atoms with Crippen LogP contribution in [0.3, 0.4) is 0 Å². The fourth-order valence-electron chi connectivity index (χ4n) is 4.22. The van der Waals surface area contributed by atoms with Gasteiger partial charge in [-0.3, -0.25) is 14.6 Å². The standard InChI is InChI=1S/C28H18N4O2/c33-25-10-4-9-24(30-25)22-16-20-15-21(18-11-12-23-19(14-18)8-5-13-29-23)26(17-6-2-1-3-7-17)31-27(20)32-28(22)34/h1-16H,(H,30,33)(H,31,32,34). The summed E-state index contributed by atoms with van der Waals surface area (Å²) in [6, 6.07) is 28.5. The minimum absolute atomic E-state index is 0.264. The highest BCUT2D eigenvalue weighted by molar-refractivity contribution is 5.94. The topological polar surface area (TPSA) is 91.5 Å². The van der Waals surface area contributed by atoms with E-state index in [-0.39, 0.29) is 11.1 Å². The number of fused-ring (bicyclic) bond motifs is 2. The Morgan fingerprint density at radius 3 is 2.35 bits per heavy atom. The van der Waals surface area contributed by atoms with Gasteiger partial charge in [0, 0.05) is 34.2 Å². The molecule has 0 saturated carbocycles. The van der Waals surface area contributed by atoms with Gasteiger partial charge in [-0.25, -0.2) is 4.98 Å². The van der Waals surface area contributed by atoms with Crippen molar-refractivity contribution >= 4 is 21.9 Å². The van der Waals surface area contributed by atoms with E-state index in [2.05, 4.69) is 21.0 Å². The molecule has 0 unspecified atom stereocenters. The Bertz CT molecular complexity index is 1800. The summed E-state index contributed by atoms with van der Waals surface area (Å²) in [5, 5.41) is 1.79. The number of hydrogen-bond acceptors (Lipinski definition) is 4. The smallest absolute Gasteiger partial charge is 0.258 e. The van der Waals surface area contributed by atoms with Gasteiger partial charge in [0.2, 0.25) is 5.56 Å². The van der Waals surface area contributed by atoms with E-state index in [4.69, 9.17) is 4.98 Å². The van der Waals surface area contributed by atoms with Crippen molar-refractivity contribution in [2.24, 2.45) is 0 Å². The second kappa shape index (κ2) is 7.94. The van der Waals surface area contributed by atoms with Crippen LogP contribution in [-0.2, 0) is 0 Å². The number of hydrogen-bond donors (Lipinski definition) is 2. The van der Waals surface area contributed by atoms with E-state index in [1.54, 1.807) is 24.4 Å². The van der Waals surface area contributed by atoms with Crippen molar-refractivity contribution in [2.45, 2.75) is 0 Å². The Labute approximate surface area is 193 Å². The number of nitrogens with zero attached hydrogens (tertiary/aromatic N) is 2. The van der Waals surface area contributed by atoms with Crippen LogP contribution in [0.25, 0.3) is 55.6 Å². The maximum absolute atomic E-state index is 12.9. The number of nitrogens with one attached hydrogen (secondary N) is 2. The highest BCUT2D eigenvalue weighted by Gasteiger charge is 2.15. The summed E-state index contributed by atoms with van der Waals surface area (Å²) < 4.78 is 0. The minimum Gasteiger partial charge on any atom is -0.322 e. The van der Waals surface area contributed by atoms with Gasteiger partial charge < -0.3 is 9.97 Å². The molecule has 6 nitrogen and oxygen atoms in total. The molecule has 2 aromatic carbocycles. The van der Waals surface area contributed by atoms with Crippen molar-refractivity contribution in [2.75, 3.05) is 0 Å². The lowest BCUT2D eigenvalue weighted by atomic mass is 9.96. The van der Waals surface area contributed by atoms with Crippen LogP contribution in [0.4, 0.5) is 0 Å². The van der Waals surface area contributed by atoms with E-state index in [1.807, 2.05) is 60.7 Å². The number of aromatic amines is 2. The number of benzene rings is 2. The van der Waals surface area contributed by atoms with Gasteiger partial charge >= 0.3 is 0 Å². The molecule has 0 amide bonds. The first-order chi connectivity index (χ1) is 16.7. The maximum atomic E-state index is 12.9. The minimum atomic E-state index is -0.314. The maximum Gasteiger partial charge on any atom is 0.258 e. The van der Waals surface area contributed by atoms with Crippen molar-refractivity contribution in [3.63, 3.8) is 0 Å². The summed E-state index contributed by atoms with van der Waals surface area (Å²) in [4.78, 5) is 39.6. The Kier molecular flexibility index (Phi) is 4.63. The summed E-state index contributed by atoms with van der Waals surface area (Å²) in [5.74, 6) is 0. The fraction of sp³-hybridized carbons (Fsp3) is 0. The Morgan fingerprint density at radius 1 is 0.647 bits per heavy atom. The van der Waals surface area contributed by atoms with Crippen LogP contribution < -0.4 is 11.1 Å². The predicted molar refractivity (Wildman–Crippen MR) is 135 cm³/mol. The van der Waals surface area contributed by atoms with Crippen molar-refractivity contribution in [1.82, 2.24) is 19.9 Å². The van der Waals surface area contributed by atoms with Crippen molar-refractivity contribution in [3.05, 3.63) is 118 Å². The first kappa shape index (κ1) is 19.8. The molecule has 0 radical (unpaired) electrons. The van der Waals surface area contributed by atoms with E-state index in [0.29, 0.717) is 16.9 Å². The quantitative estimate of drug-likeness (QED) is 0.396. The molecule has 6 heteroatoms. The van der Waals surface area contributed by atoms with Crippen molar-refractivity contribution in [1.29, 1.82) is 0 Å². The molecule has 4 aromatic heterocycles.